The van der Waals surface area contributed by atoms with Gasteiger partial charge in [0.25, 0.3) is 0 Å². The highest BCUT2D eigenvalue weighted by atomic mass is 32.1. The minimum Gasteiger partial charge on any atom is -0.362 e. The van der Waals surface area contributed by atoms with Gasteiger partial charge >= 0.3 is 0 Å². The number of nitrogens with zero attached hydrogens (tertiary/aromatic N) is 5. The molecule has 4 aromatic rings. The molecular formula is C21H20N6S. The van der Waals surface area contributed by atoms with Crippen LogP contribution in [-0.4, -0.2) is 24.7 Å². The molecular weight excluding hydrogens is 368 g/mol. The zero-order chi connectivity index (χ0) is 18.5. The highest BCUT2D eigenvalue weighted by Gasteiger charge is 2.29. The lowest BCUT2D eigenvalue weighted by atomic mass is 10.1. The maximum atomic E-state index is 4.94. The molecule has 2 aliphatic rings. The summed E-state index contributed by atoms with van der Waals surface area (Å²) in [6, 6.07) is 11.0. The van der Waals surface area contributed by atoms with E-state index < -0.39 is 0 Å². The fourth-order valence-corrected chi connectivity index (χ4v) is 4.61. The fourth-order valence-electron chi connectivity index (χ4n) is 3.65. The Morgan fingerprint density at radius 2 is 1.93 bits per heavy atom. The highest BCUT2D eigenvalue weighted by Crippen LogP contribution is 2.43. The molecule has 6 rings (SSSR count). The minimum atomic E-state index is 0.516. The monoisotopic (exact) mass is 388 g/mol. The van der Waals surface area contributed by atoms with Crippen LogP contribution in [0.25, 0.3) is 21.3 Å². The molecule has 0 spiro atoms. The van der Waals surface area contributed by atoms with Crippen LogP contribution < -0.4 is 5.32 Å². The van der Waals surface area contributed by atoms with Gasteiger partial charge in [0.2, 0.25) is 0 Å². The fraction of sp³-hybridized carbons (Fsp3) is 0.333. The minimum absolute atomic E-state index is 0.516. The van der Waals surface area contributed by atoms with Gasteiger partial charge in [0.05, 0.1) is 11.9 Å². The summed E-state index contributed by atoms with van der Waals surface area (Å²) < 4.78 is 2.19. The molecule has 1 aromatic carbocycles. The molecule has 3 heterocycles. The molecule has 0 aliphatic heterocycles. The quantitative estimate of drug-likeness (QED) is 0.515. The summed E-state index contributed by atoms with van der Waals surface area (Å²) in [5.74, 6) is 3.37. The lowest BCUT2D eigenvalue weighted by Gasteiger charge is -2.11. The Morgan fingerprint density at radius 1 is 1.07 bits per heavy atom. The van der Waals surface area contributed by atoms with E-state index in [0.717, 1.165) is 27.7 Å². The topological polar surface area (TPSA) is 68.5 Å². The first-order chi connectivity index (χ1) is 13.9. The zero-order valence-corrected chi connectivity index (χ0v) is 16.2. The third kappa shape index (κ3) is 2.86. The lowest BCUT2D eigenvalue weighted by Crippen LogP contribution is -2.10. The van der Waals surface area contributed by atoms with Crippen molar-refractivity contribution in [2.45, 2.75) is 44.2 Å². The maximum absolute atomic E-state index is 4.94. The summed E-state index contributed by atoms with van der Waals surface area (Å²) in [5, 5.41) is 15.3. The molecule has 2 aliphatic carbocycles. The van der Waals surface area contributed by atoms with E-state index in [1.807, 2.05) is 12.4 Å². The standard InChI is InChI=1S/C21H20N6S/c1-2-4-13(5-3-1)16-11-28-21-18(16)20(24-19(25-21)14-6-7-14)22-10-17-26-23-12-27(17)15-8-9-15/h1-5,11-12,14-15H,6-10H2,(H,22,24,25). The van der Waals surface area contributed by atoms with E-state index in [2.05, 4.69) is 49.7 Å². The van der Waals surface area contributed by atoms with Crippen molar-refractivity contribution in [3.05, 3.63) is 53.7 Å². The number of aromatic nitrogens is 5. The predicted molar refractivity (Wildman–Crippen MR) is 110 cm³/mol. The highest BCUT2D eigenvalue weighted by molar-refractivity contribution is 7.17. The summed E-state index contributed by atoms with van der Waals surface area (Å²) >= 11 is 1.70. The Hall–Kier alpha value is -2.80. The summed E-state index contributed by atoms with van der Waals surface area (Å²) in [5.41, 5.74) is 2.38. The molecule has 140 valence electrons. The Kier molecular flexibility index (Phi) is 3.68. The van der Waals surface area contributed by atoms with Crippen molar-refractivity contribution in [2.75, 3.05) is 5.32 Å². The molecule has 0 radical (unpaired) electrons. The van der Waals surface area contributed by atoms with Gasteiger partial charge in [-0.15, -0.1) is 21.5 Å². The molecule has 7 heteroatoms. The van der Waals surface area contributed by atoms with Crippen LogP contribution in [-0.2, 0) is 6.54 Å². The molecule has 1 N–H and O–H groups in total. The van der Waals surface area contributed by atoms with Crippen LogP contribution in [0, 0.1) is 0 Å². The van der Waals surface area contributed by atoms with Crippen molar-refractivity contribution >= 4 is 27.4 Å². The van der Waals surface area contributed by atoms with Crippen molar-refractivity contribution in [1.82, 2.24) is 24.7 Å². The van der Waals surface area contributed by atoms with Crippen LogP contribution in [0.2, 0.25) is 0 Å². The number of hydrogen-bond donors (Lipinski definition) is 1. The summed E-state index contributed by atoms with van der Waals surface area (Å²) in [6.07, 6.45) is 6.67. The molecule has 2 saturated carbocycles. The van der Waals surface area contributed by atoms with Crippen molar-refractivity contribution < 1.29 is 0 Å². The SMILES string of the molecule is c1ccc(-c2csc3nc(C4CC4)nc(NCc4nncn4C4CC4)c23)cc1. The molecule has 0 atom stereocenters. The van der Waals surface area contributed by atoms with E-state index in [9.17, 15) is 0 Å². The number of nitrogens with one attached hydrogen (secondary N) is 1. The first kappa shape index (κ1) is 16.2. The van der Waals surface area contributed by atoms with E-state index in [1.54, 1.807) is 11.3 Å². The number of rotatable bonds is 6. The number of benzene rings is 1. The van der Waals surface area contributed by atoms with Gasteiger partial charge in [0, 0.05) is 22.9 Å². The van der Waals surface area contributed by atoms with Gasteiger partial charge in [-0.05, 0) is 31.2 Å². The molecule has 0 amide bonds. The average Bonchev–Trinajstić information content (AvgIpc) is 3.67. The number of thiophene rings is 1. The smallest absolute Gasteiger partial charge is 0.152 e. The van der Waals surface area contributed by atoms with Gasteiger partial charge in [-0.3, -0.25) is 0 Å². The largest absolute Gasteiger partial charge is 0.362 e. The van der Waals surface area contributed by atoms with Gasteiger partial charge < -0.3 is 9.88 Å². The number of anilines is 1. The molecule has 3 aromatic heterocycles. The first-order valence-corrected chi connectivity index (χ1v) is 10.7. The van der Waals surface area contributed by atoms with Crippen molar-refractivity contribution in [3.63, 3.8) is 0 Å². The van der Waals surface area contributed by atoms with Gasteiger partial charge in [-0.25, -0.2) is 9.97 Å². The number of hydrogen-bond acceptors (Lipinski definition) is 6. The molecule has 0 bridgehead atoms. The summed E-state index contributed by atoms with van der Waals surface area (Å²) in [6.45, 7) is 0.622. The Balaban J connectivity index is 1.42. The average molecular weight is 389 g/mol. The second-order valence-electron chi connectivity index (χ2n) is 7.64. The summed E-state index contributed by atoms with van der Waals surface area (Å²) in [7, 11) is 0. The normalized spacial score (nSPS) is 16.6. The third-order valence-electron chi connectivity index (χ3n) is 5.48. The van der Waals surface area contributed by atoms with Crippen LogP contribution in [0.3, 0.4) is 0 Å². The predicted octanol–water partition coefficient (Wildman–Crippen LogP) is 4.77. The van der Waals surface area contributed by atoms with Crippen molar-refractivity contribution in [3.8, 4) is 11.1 Å². The van der Waals surface area contributed by atoms with Crippen LogP contribution in [0.4, 0.5) is 5.82 Å². The maximum Gasteiger partial charge on any atom is 0.152 e. The second-order valence-corrected chi connectivity index (χ2v) is 8.50. The van der Waals surface area contributed by atoms with E-state index in [-0.39, 0.29) is 0 Å². The third-order valence-corrected chi connectivity index (χ3v) is 6.35. The van der Waals surface area contributed by atoms with Gasteiger partial charge in [-0.2, -0.15) is 0 Å². The molecule has 28 heavy (non-hydrogen) atoms. The first-order valence-electron chi connectivity index (χ1n) is 9.83. The molecule has 6 nitrogen and oxygen atoms in total. The Morgan fingerprint density at radius 3 is 2.71 bits per heavy atom. The molecule has 0 saturated heterocycles. The van der Waals surface area contributed by atoms with Gasteiger partial charge in [0.1, 0.15) is 22.8 Å². The number of fused-ring (bicyclic) bond motifs is 1. The molecule has 2 fully saturated rings. The zero-order valence-electron chi connectivity index (χ0n) is 15.4. The Bertz CT molecular complexity index is 1140. The van der Waals surface area contributed by atoms with Crippen molar-refractivity contribution in [1.29, 1.82) is 0 Å². The summed E-state index contributed by atoms with van der Waals surface area (Å²) in [4.78, 5) is 10.9. The van der Waals surface area contributed by atoms with Crippen LogP contribution in [0.1, 0.15) is 49.3 Å². The van der Waals surface area contributed by atoms with E-state index in [4.69, 9.17) is 9.97 Å². The van der Waals surface area contributed by atoms with E-state index in [0.29, 0.717) is 18.5 Å². The van der Waals surface area contributed by atoms with Crippen LogP contribution >= 0.6 is 11.3 Å². The second kappa shape index (κ2) is 6.38. The molecule has 0 unspecified atom stereocenters. The van der Waals surface area contributed by atoms with E-state index in [1.165, 1.54) is 36.8 Å². The lowest BCUT2D eigenvalue weighted by molar-refractivity contribution is 0.689. The van der Waals surface area contributed by atoms with Gasteiger partial charge in [-0.1, -0.05) is 30.3 Å². The Labute approximate surface area is 166 Å². The van der Waals surface area contributed by atoms with Crippen molar-refractivity contribution in [2.24, 2.45) is 0 Å². The van der Waals surface area contributed by atoms with Crippen LogP contribution in [0.15, 0.2) is 42.0 Å². The van der Waals surface area contributed by atoms with Crippen LogP contribution in [0.5, 0.6) is 0 Å². The van der Waals surface area contributed by atoms with E-state index >= 15 is 0 Å². The van der Waals surface area contributed by atoms with Gasteiger partial charge in [0.15, 0.2) is 5.82 Å².